The molecule has 0 unspecified atom stereocenters. The number of benzene rings is 1. The van der Waals surface area contributed by atoms with Crippen LogP contribution in [0.3, 0.4) is 0 Å². The third-order valence-corrected chi connectivity index (χ3v) is 6.18. The van der Waals surface area contributed by atoms with Crippen molar-refractivity contribution in [1.29, 1.82) is 0 Å². The number of aryl methyl sites for hydroxylation is 1. The quantitative estimate of drug-likeness (QED) is 0.0740. The first-order valence-electron chi connectivity index (χ1n) is 15.8. The number of rotatable bonds is 34. The molecule has 0 aliphatic carbocycles. The smallest absolute Gasteiger partial charge is 0.119 e. The Morgan fingerprint density at radius 3 is 1.29 bits per heavy atom. The van der Waals surface area contributed by atoms with Gasteiger partial charge in [0.05, 0.1) is 98.8 Å². The summed E-state index contributed by atoms with van der Waals surface area (Å²) in [5, 5.41) is 0. The molecule has 0 atom stereocenters. The summed E-state index contributed by atoms with van der Waals surface area (Å²) in [4.78, 5) is 0. The molecule has 0 aliphatic rings. The Hall–Kier alpha value is -1.72. The monoisotopic (exact) mass is 598 g/mol. The van der Waals surface area contributed by atoms with Crippen LogP contribution >= 0.6 is 0 Å². The van der Waals surface area contributed by atoms with Gasteiger partial charge >= 0.3 is 0 Å². The second-order valence-corrected chi connectivity index (χ2v) is 9.69. The maximum atomic E-state index is 5.77. The number of hydrogen-bond acceptors (Lipinski definition) is 9. The molecule has 0 saturated carbocycles. The van der Waals surface area contributed by atoms with Gasteiger partial charge in [-0.25, -0.2) is 0 Å². The van der Waals surface area contributed by atoms with Crippen LogP contribution in [0.25, 0.3) is 0 Å². The van der Waals surface area contributed by atoms with Gasteiger partial charge in [-0.05, 0) is 30.5 Å². The summed E-state index contributed by atoms with van der Waals surface area (Å²) < 4.78 is 49.0. The zero-order valence-corrected chi connectivity index (χ0v) is 26.2. The Bertz CT molecular complexity index is 672. The van der Waals surface area contributed by atoms with Gasteiger partial charge in [0, 0.05) is 0 Å². The number of unbranched alkanes of at least 4 members (excludes halogenated alkanes) is 6. The summed E-state index contributed by atoms with van der Waals surface area (Å²) >= 11 is 0. The average molecular weight is 599 g/mol. The second kappa shape index (κ2) is 32.2. The Morgan fingerprint density at radius 1 is 0.476 bits per heavy atom. The van der Waals surface area contributed by atoms with Crippen molar-refractivity contribution < 1.29 is 42.6 Å². The number of ether oxygens (including phenoxy) is 9. The molecule has 0 bridgehead atoms. The molecular weight excluding hydrogens is 540 g/mol. The predicted octanol–water partition coefficient (Wildman–Crippen LogP) is 5.63. The molecule has 0 aromatic heterocycles. The van der Waals surface area contributed by atoms with Crippen LogP contribution < -0.4 is 4.74 Å². The van der Waals surface area contributed by atoms with E-state index in [1.807, 2.05) is 0 Å². The molecule has 244 valence electrons. The molecule has 0 spiro atoms. The van der Waals surface area contributed by atoms with Crippen LogP contribution in [-0.2, 0) is 44.3 Å². The normalized spacial score (nSPS) is 11.2. The fraction of sp³-hybridized carbons (Fsp3) is 0.758. The van der Waals surface area contributed by atoms with Gasteiger partial charge in [-0.15, -0.1) is 0 Å². The number of hydrogen-bond donors (Lipinski definition) is 0. The Morgan fingerprint density at radius 2 is 0.857 bits per heavy atom. The summed E-state index contributed by atoms with van der Waals surface area (Å²) in [6.07, 6.45) is 11.9. The van der Waals surface area contributed by atoms with E-state index in [2.05, 4.69) is 37.8 Å². The van der Waals surface area contributed by atoms with E-state index in [9.17, 15) is 0 Å². The van der Waals surface area contributed by atoms with Crippen molar-refractivity contribution in [3.63, 3.8) is 0 Å². The van der Waals surface area contributed by atoms with Crippen LogP contribution in [0.15, 0.2) is 37.1 Å². The fourth-order valence-electron chi connectivity index (χ4n) is 3.87. The van der Waals surface area contributed by atoms with Gasteiger partial charge in [-0.3, -0.25) is 0 Å². The minimum atomic E-state index is 0.508. The molecular formula is C33H58O9. The van der Waals surface area contributed by atoms with E-state index in [1.54, 1.807) is 0 Å². The van der Waals surface area contributed by atoms with E-state index < -0.39 is 0 Å². The van der Waals surface area contributed by atoms with E-state index in [0.29, 0.717) is 106 Å². The third kappa shape index (κ3) is 27.1. The van der Waals surface area contributed by atoms with Gasteiger partial charge in [0.15, 0.2) is 0 Å². The van der Waals surface area contributed by atoms with Crippen molar-refractivity contribution in [1.82, 2.24) is 0 Å². The Balaban J connectivity index is 1.74. The molecule has 0 heterocycles. The molecule has 0 aliphatic heterocycles. The third-order valence-electron chi connectivity index (χ3n) is 6.18. The molecule has 0 N–H and O–H groups in total. The van der Waals surface area contributed by atoms with Crippen LogP contribution in [0, 0.1) is 0 Å². The van der Waals surface area contributed by atoms with Crippen molar-refractivity contribution >= 4 is 0 Å². The lowest BCUT2D eigenvalue weighted by atomic mass is 10.0. The van der Waals surface area contributed by atoms with Crippen molar-refractivity contribution in [3.8, 4) is 5.75 Å². The van der Waals surface area contributed by atoms with E-state index in [1.165, 1.54) is 56.8 Å². The summed E-state index contributed by atoms with van der Waals surface area (Å²) in [7, 11) is 0. The van der Waals surface area contributed by atoms with Gasteiger partial charge in [0.2, 0.25) is 0 Å². The highest BCUT2D eigenvalue weighted by atomic mass is 16.6. The summed E-state index contributed by atoms with van der Waals surface area (Å²) in [5.41, 5.74) is 1.38. The Kier molecular flexibility index (Phi) is 29.4. The lowest BCUT2D eigenvalue weighted by Gasteiger charge is -2.09. The average Bonchev–Trinajstić information content (AvgIpc) is 3.01. The van der Waals surface area contributed by atoms with Crippen molar-refractivity contribution in [2.24, 2.45) is 0 Å². The highest BCUT2D eigenvalue weighted by molar-refractivity contribution is 5.27. The molecule has 1 rings (SSSR count). The zero-order chi connectivity index (χ0) is 30.0. The van der Waals surface area contributed by atoms with E-state index in [-0.39, 0.29) is 0 Å². The fourth-order valence-corrected chi connectivity index (χ4v) is 3.87. The predicted molar refractivity (Wildman–Crippen MR) is 166 cm³/mol. The van der Waals surface area contributed by atoms with Crippen molar-refractivity contribution in [2.75, 3.05) is 106 Å². The topological polar surface area (TPSA) is 83.1 Å². The van der Waals surface area contributed by atoms with Gasteiger partial charge in [-0.2, -0.15) is 0 Å². The van der Waals surface area contributed by atoms with Crippen molar-refractivity contribution in [2.45, 2.75) is 58.3 Å². The summed E-state index contributed by atoms with van der Waals surface area (Å²) in [5.74, 6) is 0.890. The molecule has 42 heavy (non-hydrogen) atoms. The first kappa shape index (κ1) is 38.3. The molecule has 0 amide bonds. The van der Waals surface area contributed by atoms with Crippen LogP contribution in [0.4, 0.5) is 0 Å². The summed E-state index contributed by atoms with van der Waals surface area (Å²) in [6, 6.07) is 8.45. The highest BCUT2D eigenvalue weighted by Gasteiger charge is 1.99. The van der Waals surface area contributed by atoms with Crippen LogP contribution in [0.2, 0.25) is 0 Å². The van der Waals surface area contributed by atoms with Crippen LogP contribution in [0.1, 0.15) is 57.4 Å². The minimum absolute atomic E-state index is 0.508. The zero-order valence-electron chi connectivity index (χ0n) is 26.2. The standard InChI is InChI=1S/C33H58O9/c1-3-5-6-7-8-9-10-11-32-12-14-33(15-13-32)42-31-30-41-29-28-40-27-26-39-25-24-38-23-22-37-21-20-36-19-18-35-17-16-34-4-2/h4,12-15H,2-3,5-11,16-31H2,1H3. The van der Waals surface area contributed by atoms with Gasteiger partial charge in [0.1, 0.15) is 19.0 Å². The minimum Gasteiger partial charge on any atom is -0.499 e. The molecule has 0 saturated heterocycles. The molecule has 0 radical (unpaired) electrons. The maximum absolute atomic E-state index is 5.77. The lowest BCUT2D eigenvalue weighted by molar-refractivity contribution is -0.0222. The Labute approximate surface area is 255 Å². The van der Waals surface area contributed by atoms with E-state index in [0.717, 1.165) is 12.2 Å². The SMILES string of the molecule is C=COCCOCCOCCOCCOCCOCCOCCOCCOc1ccc(CCCCCCCCC)cc1. The maximum Gasteiger partial charge on any atom is 0.119 e. The molecule has 1 aromatic carbocycles. The second-order valence-electron chi connectivity index (χ2n) is 9.69. The van der Waals surface area contributed by atoms with Gasteiger partial charge < -0.3 is 42.6 Å². The van der Waals surface area contributed by atoms with Gasteiger partial charge in [-0.1, -0.05) is 64.2 Å². The molecule has 0 fully saturated rings. The highest BCUT2D eigenvalue weighted by Crippen LogP contribution is 2.15. The molecule has 1 aromatic rings. The van der Waals surface area contributed by atoms with Gasteiger partial charge in [0.25, 0.3) is 0 Å². The van der Waals surface area contributed by atoms with Crippen molar-refractivity contribution in [3.05, 3.63) is 42.7 Å². The largest absolute Gasteiger partial charge is 0.499 e. The molecule has 9 nitrogen and oxygen atoms in total. The van der Waals surface area contributed by atoms with Crippen LogP contribution in [0.5, 0.6) is 5.75 Å². The van der Waals surface area contributed by atoms with E-state index in [4.69, 9.17) is 42.6 Å². The van der Waals surface area contributed by atoms with E-state index >= 15 is 0 Å². The first-order chi connectivity index (χ1) is 20.9. The first-order valence-corrected chi connectivity index (χ1v) is 15.8. The summed E-state index contributed by atoms with van der Waals surface area (Å²) in [6.45, 7) is 14.2. The lowest BCUT2D eigenvalue weighted by Crippen LogP contribution is -2.15. The van der Waals surface area contributed by atoms with Crippen LogP contribution in [-0.4, -0.2) is 106 Å². The molecule has 9 heteroatoms.